The lowest BCUT2D eigenvalue weighted by molar-refractivity contribution is -0.383. The number of ether oxygens (including phenoxy) is 4. The molecule has 0 spiro atoms. The third-order valence-electron chi connectivity index (χ3n) is 4.93. The standard InChI is InChI=1S/C23H23N7O9/c1-23(2,3)38-22(32)24-15(21(31)35-4)12-36-18-11-29(28-25-18)13-5-7-14(8-6-13)37-17-10-9-16(30(33)34)19-20(17)27-39-26-19/h5-11,15H,12H2,1-4H3,(H,24,32)/t15-/m0/s1. The topological polar surface area (TPSA) is 196 Å². The predicted molar refractivity (Wildman–Crippen MR) is 131 cm³/mol. The second-order valence-electron chi connectivity index (χ2n) is 8.93. The van der Waals surface area contributed by atoms with Gasteiger partial charge in [0.1, 0.15) is 18.0 Å². The van der Waals surface area contributed by atoms with Gasteiger partial charge in [-0.3, -0.25) is 10.1 Å². The van der Waals surface area contributed by atoms with Crippen molar-refractivity contribution in [1.29, 1.82) is 0 Å². The highest BCUT2D eigenvalue weighted by Gasteiger charge is 2.26. The van der Waals surface area contributed by atoms with E-state index in [4.69, 9.17) is 18.9 Å². The largest absolute Gasteiger partial charge is 0.473 e. The Balaban J connectivity index is 1.40. The summed E-state index contributed by atoms with van der Waals surface area (Å²) in [5, 5.41) is 28.7. The number of amides is 1. The predicted octanol–water partition coefficient (Wildman–Crippen LogP) is 2.95. The van der Waals surface area contributed by atoms with Gasteiger partial charge in [0, 0.05) is 6.07 Å². The molecule has 0 radical (unpaired) electrons. The number of non-ortho nitro benzene ring substituents is 1. The number of benzene rings is 2. The van der Waals surface area contributed by atoms with E-state index in [0.29, 0.717) is 11.4 Å². The number of fused-ring (bicyclic) bond motifs is 1. The summed E-state index contributed by atoms with van der Waals surface area (Å²) < 4.78 is 27.2. The lowest BCUT2D eigenvalue weighted by Crippen LogP contribution is -2.47. The number of nitro benzene ring substituents is 1. The lowest BCUT2D eigenvalue weighted by atomic mass is 10.2. The van der Waals surface area contributed by atoms with E-state index in [-0.39, 0.29) is 35.0 Å². The molecular formula is C23H23N7O9. The molecule has 39 heavy (non-hydrogen) atoms. The summed E-state index contributed by atoms with van der Waals surface area (Å²) in [4.78, 5) is 34.7. The number of carbonyl (C=O) groups is 2. The minimum absolute atomic E-state index is 0.0278. The molecule has 0 saturated carbocycles. The van der Waals surface area contributed by atoms with Gasteiger partial charge in [0.2, 0.25) is 5.52 Å². The van der Waals surface area contributed by atoms with Gasteiger partial charge in [-0.05, 0) is 61.4 Å². The maximum atomic E-state index is 12.1. The fourth-order valence-electron chi connectivity index (χ4n) is 3.22. The van der Waals surface area contributed by atoms with Crippen molar-refractivity contribution in [3.63, 3.8) is 0 Å². The van der Waals surface area contributed by atoms with Crippen molar-refractivity contribution in [1.82, 2.24) is 30.6 Å². The highest BCUT2D eigenvalue weighted by Crippen LogP contribution is 2.33. The number of alkyl carbamates (subject to hydrolysis) is 1. The van der Waals surface area contributed by atoms with E-state index in [0.717, 1.165) is 0 Å². The van der Waals surface area contributed by atoms with Crippen LogP contribution >= 0.6 is 0 Å². The Morgan fingerprint density at radius 2 is 1.85 bits per heavy atom. The van der Waals surface area contributed by atoms with Gasteiger partial charge in [0.25, 0.3) is 5.88 Å². The van der Waals surface area contributed by atoms with E-state index >= 15 is 0 Å². The van der Waals surface area contributed by atoms with Crippen molar-refractivity contribution in [3.05, 3.63) is 52.7 Å². The van der Waals surface area contributed by atoms with Gasteiger partial charge in [-0.2, -0.15) is 0 Å². The van der Waals surface area contributed by atoms with E-state index in [1.807, 2.05) is 0 Å². The molecule has 1 amide bonds. The van der Waals surface area contributed by atoms with E-state index in [2.05, 4.69) is 30.6 Å². The normalized spacial score (nSPS) is 12.0. The van der Waals surface area contributed by atoms with Crippen molar-refractivity contribution in [3.8, 4) is 23.1 Å². The fraction of sp³-hybridized carbons (Fsp3) is 0.304. The zero-order valence-electron chi connectivity index (χ0n) is 21.2. The Labute approximate surface area is 219 Å². The molecule has 16 nitrogen and oxygen atoms in total. The summed E-state index contributed by atoms with van der Waals surface area (Å²) in [6, 6.07) is 8.14. The number of nitrogens with one attached hydrogen (secondary N) is 1. The van der Waals surface area contributed by atoms with Crippen LogP contribution in [-0.4, -0.2) is 67.7 Å². The first kappa shape index (κ1) is 26.8. The smallest absolute Gasteiger partial charge is 0.408 e. The first-order valence-electron chi connectivity index (χ1n) is 11.3. The Kier molecular flexibility index (Phi) is 7.55. The fourth-order valence-corrected chi connectivity index (χ4v) is 3.22. The molecule has 1 N–H and O–H groups in total. The Bertz CT molecular complexity index is 1490. The quantitative estimate of drug-likeness (QED) is 0.185. The second kappa shape index (κ2) is 11.0. The van der Waals surface area contributed by atoms with E-state index in [1.165, 1.54) is 30.1 Å². The Morgan fingerprint density at radius 3 is 2.51 bits per heavy atom. The molecule has 0 saturated heterocycles. The van der Waals surface area contributed by atoms with Gasteiger partial charge in [0.05, 0.1) is 23.9 Å². The van der Waals surface area contributed by atoms with Crippen molar-refractivity contribution in [2.24, 2.45) is 0 Å². The van der Waals surface area contributed by atoms with E-state index in [1.54, 1.807) is 45.0 Å². The maximum absolute atomic E-state index is 12.1. The highest BCUT2D eigenvalue weighted by molar-refractivity contribution is 5.88. The van der Waals surface area contributed by atoms with Gasteiger partial charge in [-0.15, -0.1) is 0 Å². The maximum Gasteiger partial charge on any atom is 0.408 e. The molecular weight excluding hydrogens is 518 g/mol. The van der Waals surface area contributed by atoms with Crippen molar-refractivity contribution in [2.45, 2.75) is 32.4 Å². The van der Waals surface area contributed by atoms with Gasteiger partial charge >= 0.3 is 17.7 Å². The van der Waals surface area contributed by atoms with Crippen LogP contribution in [0.1, 0.15) is 20.8 Å². The summed E-state index contributed by atoms with van der Waals surface area (Å²) in [5.41, 5.74) is -0.330. The number of nitrogens with zero attached hydrogens (tertiary/aromatic N) is 6. The number of rotatable bonds is 9. The molecule has 0 aliphatic carbocycles. The van der Waals surface area contributed by atoms with E-state index in [9.17, 15) is 19.7 Å². The molecule has 0 unspecified atom stereocenters. The SMILES string of the molecule is COC(=O)[C@H](COc1cn(-c2ccc(Oc3ccc([N+](=O)[O-])c4nonc34)cc2)nn1)NC(=O)OC(C)(C)C. The zero-order valence-corrected chi connectivity index (χ0v) is 21.2. The van der Waals surface area contributed by atoms with Gasteiger partial charge in [0.15, 0.2) is 17.3 Å². The molecule has 1 atom stereocenters. The lowest BCUT2D eigenvalue weighted by Gasteiger charge is -2.22. The van der Waals surface area contributed by atoms with Gasteiger partial charge < -0.3 is 24.3 Å². The molecule has 0 bridgehead atoms. The third-order valence-corrected chi connectivity index (χ3v) is 4.93. The minimum Gasteiger partial charge on any atom is -0.473 e. The summed E-state index contributed by atoms with van der Waals surface area (Å²) in [6.45, 7) is 4.79. The Morgan fingerprint density at radius 1 is 1.13 bits per heavy atom. The number of hydrogen-bond acceptors (Lipinski definition) is 13. The van der Waals surface area contributed by atoms with Crippen molar-refractivity contribution in [2.75, 3.05) is 13.7 Å². The average Bonchev–Trinajstić information content (AvgIpc) is 3.56. The van der Waals surface area contributed by atoms with Crippen molar-refractivity contribution < 1.29 is 38.1 Å². The van der Waals surface area contributed by atoms with Crippen LogP contribution in [0, 0.1) is 10.1 Å². The summed E-state index contributed by atoms with van der Waals surface area (Å²) in [6.07, 6.45) is 0.667. The third kappa shape index (κ3) is 6.54. The van der Waals surface area contributed by atoms with Crippen molar-refractivity contribution >= 4 is 28.8 Å². The highest BCUT2D eigenvalue weighted by atomic mass is 16.6. The molecule has 2 aromatic heterocycles. The van der Waals surface area contributed by atoms with Crippen LogP contribution in [-0.2, 0) is 14.3 Å². The van der Waals surface area contributed by atoms with Crippen LogP contribution < -0.4 is 14.8 Å². The van der Waals surface area contributed by atoms with Gasteiger partial charge in [-0.1, -0.05) is 10.3 Å². The van der Waals surface area contributed by atoms with Crippen LogP contribution in [0.3, 0.4) is 0 Å². The van der Waals surface area contributed by atoms with Crippen LogP contribution in [0.4, 0.5) is 10.5 Å². The number of methoxy groups -OCH3 is 1. The summed E-state index contributed by atoms with van der Waals surface area (Å²) in [7, 11) is 1.18. The van der Waals surface area contributed by atoms with Crippen LogP contribution in [0.5, 0.6) is 17.4 Å². The molecule has 16 heteroatoms. The number of aromatic nitrogens is 5. The molecule has 0 aliphatic rings. The first-order valence-corrected chi connectivity index (χ1v) is 11.3. The number of esters is 1. The molecule has 2 heterocycles. The first-order chi connectivity index (χ1) is 18.5. The molecule has 0 aliphatic heterocycles. The second-order valence-corrected chi connectivity index (χ2v) is 8.93. The minimum atomic E-state index is -1.14. The monoisotopic (exact) mass is 541 g/mol. The molecule has 204 valence electrons. The number of nitro groups is 1. The molecule has 2 aromatic carbocycles. The van der Waals surface area contributed by atoms with Gasteiger partial charge in [-0.25, -0.2) is 18.9 Å². The average molecular weight is 541 g/mol. The molecule has 4 aromatic rings. The molecule has 0 fully saturated rings. The van der Waals surface area contributed by atoms with Crippen LogP contribution in [0.2, 0.25) is 0 Å². The summed E-state index contributed by atoms with van der Waals surface area (Å²) in [5.74, 6) is -0.0126. The van der Waals surface area contributed by atoms with Crippen LogP contribution in [0.15, 0.2) is 47.2 Å². The Hall–Kier alpha value is -5.28. The zero-order chi connectivity index (χ0) is 28.2. The summed E-state index contributed by atoms with van der Waals surface area (Å²) >= 11 is 0. The molecule has 4 rings (SSSR count). The number of carbonyl (C=O) groups excluding carboxylic acids is 2. The van der Waals surface area contributed by atoms with E-state index < -0.39 is 28.6 Å². The number of hydrogen-bond donors (Lipinski definition) is 1. The van der Waals surface area contributed by atoms with Crippen LogP contribution in [0.25, 0.3) is 16.7 Å².